The number of amides is 1. The van der Waals surface area contributed by atoms with Crippen LogP contribution in [0.5, 0.6) is 5.75 Å². The van der Waals surface area contributed by atoms with Crippen LogP contribution in [-0.2, 0) is 30.5 Å². The predicted octanol–water partition coefficient (Wildman–Crippen LogP) is 1.97. The first-order valence-corrected chi connectivity index (χ1v) is 7.93. The van der Waals surface area contributed by atoms with Gasteiger partial charge < -0.3 is 14.2 Å². The Labute approximate surface area is 150 Å². The van der Waals surface area contributed by atoms with Gasteiger partial charge in [0.05, 0.1) is 0 Å². The van der Waals surface area contributed by atoms with E-state index in [1.807, 2.05) is 0 Å². The Morgan fingerprint density at radius 1 is 1.31 bits per heavy atom. The van der Waals surface area contributed by atoms with Gasteiger partial charge in [-0.1, -0.05) is 18.7 Å². The van der Waals surface area contributed by atoms with Crippen LogP contribution in [0.15, 0.2) is 36.9 Å². The molecule has 0 saturated carbocycles. The van der Waals surface area contributed by atoms with E-state index in [0.717, 1.165) is 4.90 Å². The van der Waals surface area contributed by atoms with Crippen molar-refractivity contribution in [1.29, 1.82) is 0 Å². The van der Waals surface area contributed by atoms with Crippen LogP contribution >= 0.6 is 0 Å². The van der Waals surface area contributed by atoms with Crippen LogP contribution < -0.4 is 4.74 Å². The summed E-state index contributed by atoms with van der Waals surface area (Å²) in [6.07, 6.45) is 0.694. The average Bonchev–Trinajstić information content (AvgIpc) is 2.99. The molecule has 138 valence electrons. The molecule has 1 amide bonds. The van der Waals surface area contributed by atoms with E-state index in [9.17, 15) is 19.2 Å². The Morgan fingerprint density at radius 2 is 2.00 bits per heavy atom. The average molecular weight is 361 g/mol. The molecular weight excluding hydrogens is 342 g/mol. The topological polar surface area (TPSA) is 99.2 Å². The zero-order chi connectivity index (χ0) is 19.1. The van der Waals surface area contributed by atoms with Crippen LogP contribution in [0.1, 0.15) is 25.3 Å². The third kappa shape index (κ3) is 5.17. The highest BCUT2D eigenvalue weighted by atomic mass is 16.6. The molecule has 0 aliphatic carbocycles. The number of cyclic esters (lactones) is 1. The van der Waals surface area contributed by atoms with E-state index in [0.29, 0.717) is 11.3 Å². The van der Waals surface area contributed by atoms with E-state index in [4.69, 9.17) is 14.2 Å². The molecule has 1 saturated heterocycles. The number of hydrogen-bond acceptors (Lipinski definition) is 7. The molecule has 1 atom stereocenters. The van der Waals surface area contributed by atoms with Gasteiger partial charge in [0.15, 0.2) is 12.5 Å². The van der Waals surface area contributed by atoms with Crippen LogP contribution in [0, 0.1) is 0 Å². The first kappa shape index (κ1) is 19.2. The molecule has 2 rings (SSSR count). The highest BCUT2D eigenvalue weighted by Gasteiger charge is 2.38. The quantitative estimate of drug-likeness (QED) is 0.416. The van der Waals surface area contributed by atoms with Crippen molar-refractivity contribution in [1.82, 2.24) is 4.90 Å². The summed E-state index contributed by atoms with van der Waals surface area (Å²) in [4.78, 5) is 47.3. The summed E-state index contributed by atoms with van der Waals surface area (Å²) in [5, 5.41) is 0. The van der Waals surface area contributed by atoms with E-state index in [2.05, 4.69) is 6.58 Å². The molecule has 0 aromatic heterocycles. The number of esters is 2. The minimum Gasteiger partial charge on any atom is -0.444 e. The van der Waals surface area contributed by atoms with Gasteiger partial charge in [-0.15, -0.1) is 0 Å². The Bertz CT molecular complexity index is 711. The highest BCUT2D eigenvalue weighted by molar-refractivity contribution is 5.90. The Balaban J connectivity index is 1.89. The molecule has 0 radical (unpaired) electrons. The molecule has 26 heavy (non-hydrogen) atoms. The van der Waals surface area contributed by atoms with E-state index < -0.39 is 24.1 Å². The molecule has 8 nitrogen and oxygen atoms in total. The molecule has 8 heteroatoms. The Morgan fingerprint density at radius 3 is 2.62 bits per heavy atom. The molecule has 0 N–H and O–H groups in total. The highest BCUT2D eigenvalue weighted by Crippen LogP contribution is 2.19. The number of carbonyl (C=O) groups is 4. The van der Waals surface area contributed by atoms with Gasteiger partial charge >= 0.3 is 18.0 Å². The van der Waals surface area contributed by atoms with Gasteiger partial charge in [-0.2, -0.15) is 0 Å². The third-order valence-corrected chi connectivity index (χ3v) is 3.67. The lowest BCUT2D eigenvalue weighted by molar-refractivity contribution is -0.139. The molecule has 0 spiro atoms. The maximum Gasteiger partial charge on any atom is 0.413 e. The van der Waals surface area contributed by atoms with Crippen LogP contribution in [0.2, 0.25) is 0 Å². The van der Waals surface area contributed by atoms with Crippen LogP contribution in [0.3, 0.4) is 0 Å². The predicted molar refractivity (Wildman–Crippen MR) is 89.0 cm³/mol. The SMILES string of the molecule is C=CC(=O)CCC1C(=O)OCN1C(=O)OCc1ccc(OC(C)=O)cc1. The fraction of sp³-hybridized carbons (Fsp3) is 0.333. The van der Waals surface area contributed by atoms with E-state index in [-0.39, 0.29) is 32.0 Å². The first-order valence-electron chi connectivity index (χ1n) is 7.93. The largest absolute Gasteiger partial charge is 0.444 e. The van der Waals surface area contributed by atoms with Crippen molar-refractivity contribution < 1.29 is 33.4 Å². The standard InChI is InChI=1S/C18H19NO7/c1-3-14(21)6-9-16-17(22)25-11-19(16)18(23)24-10-13-4-7-15(8-5-13)26-12(2)20/h3-5,7-8,16H,1,6,9-11H2,2H3. The number of nitrogens with zero attached hydrogens (tertiary/aromatic N) is 1. The summed E-state index contributed by atoms with van der Waals surface area (Å²) in [5.41, 5.74) is 0.680. The van der Waals surface area contributed by atoms with Crippen molar-refractivity contribution in [3.05, 3.63) is 42.5 Å². The van der Waals surface area contributed by atoms with Crippen molar-refractivity contribution in [2.45, 2.75) is 32.4 Å². The number of hydrogen-bond donors (Lipinski definition) is 0. The zero-order valence-electron chi connectivity index (χ0n) is 14.3. The fourth-order valence-electron chi connectivity index (χ4n) is 2.33. The maximum absolute atomic E-state index is 12.2. The minimum atomic E-state index is -0.849. The molecule has 1 fully saturated rings. The summed E-state index contributed by atoms with van der Waals surface area (Å²) >= 11 is 0. The molecular formula is C18H19NO7. The van der Waals surface area contributed by atoms with Gasteiger partial charge in [0.2, 0.25) is 0 Å². The van der Waals surface area contributed by atoms with Gasteiger partial charge in [0.25, 0.3) is 0 Å². The molecule has 1 aliphatic rings. The smallest absolute Gasteiger partial charge is 0.413 e. The number of rotatable bonds is 7. The van der Waals surface area contributed by atoms with Crippen LogP contribution in [0.25, 0.3) is 0 Å². The summed E-state index contributed by atoms with van der Waals surface area (Å²) < 4.78 is 15.0. The van der Waals surface area contributed by atoms with Gasteiger partial charge in [0.1, 0.15) is 18.4 Å². The summed E-state index contributed by atoms with van der Waals surface area (Å²) in [6.45, 7) is 4.43. The fourth-order valence-corrected chi connectivity index (χ4v) is 2.33. The number of ketones is 1. The number of ether oxygens (including phenoxy) is 3. The van der Waals surface area contributed by atoms with E-state index >= 15 is 0 Å². The summed E-state index contributed by atoms with van der Waals surface area (Å²) in [6, 6.07) is 5.61. The van der Waals surface area contributed by atoms with Gasteiger partial charge in [-0.05, 0) is 30.2 Å². The number of benzene rings is 1. The van der Waals surface area contributed by atoms with Gasteiger partial charge in [-0.3, -0.25) is 14.5 Å². The summed E-state index contributed by atoms with van der Waals surface area (Å²) in [7, 11) is 0. The molecule has 1 unspecified atom stereocenters. The summed E-state index contributed by atoms with van der Waals surface area (Å²) in [5.74, 6) is -0.822. The number of allylic oxidation sites excluding steroid dienone is 1. The van der Waals surface area contributed by atoms with Crippen molar-refractivity contribution in [3.8, 4) is 5.75 Å². The maximum atomic E-state index is 12.2. The Hall–Kier alpha value is -3.16. The minimum absolute atomic E-state index is 0.0256. The van der Waals surface area contributed by atoms with Gasteiger partial charge in [-0.25, -0.2) is 9.59 Å². The van der Waals surface area contributed by atoms with Crippen molar-refractivity contribution in [3.63, 3.8) is 0 Å². The van der Waals surface area contributed by atoms with E-state index in [1.54, 1.807) is 24.3 Å². The number of carbonyl (C=O) groups excluding carboxylic acids is 4. The second-order valence-corrected chi connectivity index (χ2v) is 5.58. The molecule has 1 aliphatic heterocycles. The first-order chi connectivity index (χ1) is 12.4. The van der Waals surface area contributed by atoms with Crippen LogP contribution in [0.4, 0.5) is 4.79 Å². The third-order valence-electron chi connectivity index (χ3n) is 3.67. The molecule has 1 heterocycles. The van der Waals surface area contributed by atoms with Gasteiger partial charge in [0, 0.05) is 13.3 Å². The molecule has 1 aromatic rings. The lowest BCUT2D eigenvalue weighted by Gasteiger charge is -2.19. The Kier molecular flexibility index (Phi) is 6.48. The van der Waals surface area contributed by atoms with Crippen LogP contribution in [-0.4, -0.2) is 41.5 Å². The normalized spacial score (nSPS) is 16.0. The molecule has 0 bridgehead atoms. The van der Waals surface area contributed by atoms with Crippen molar-refractivity contribution >= 4 is 23.8 Å². The van der Waals surface area contributed by atoms with E-state index in [1.165, 1.54) is 13.0 Å². The lowest BCUT2D eigenvalue weighted by Crippen LogP contribution is -2.38. The second-order valence-electron chi connectivity index (χ2n) is 5.58. The lowest BCUT2D eigenvalue weighted by atomic mass is 10.1. The van der Waals surface area contributed by atoms with Crippen molar-refractivity contribution in [2.75, 3.05) is 6.73 Å². The second kappa shape index (κ2) is 8.80. The monoisotopic (exact) mass is 361 g/mol. The van der Waals surface area contributed by atoms with Crippen molar-refractivity contribution in [2.24, 2.45) is 0 Å². The zero-order valence-corrected chi connectivity index (χ0v) is 14.3. The molecule has 1 aromatic carbocycles.